The van der Waals surface area contributed by atoms with Crippen LogP contribution in [-0.4, -0.2) is 28.9 Å². The minimum Gasteiger partial charge on any atom is -0.367 e. The van der Waals surface area contributed by atoms with Crippen molar-refractivity contribution in [2.45, 2.75) is 0 Å². The second-order valence-corrected chi connectivity index (χ2v) is 4.97. The van der Waals surface area contributed by atoms with Crippen molar-refractivity contribution in [1.82, 2.24) is 10.3 Å². The Morgan fingerprint density at radius 2 is 1.96 bits per heavy atom. The van der Waals surface area contributed by atoms with Gasteiger partial charge in [-0.3, -0.25) is 14.9 Å². The molecule has 24 heavy (non-hydrogen) atoms. The maximum Gasteiger partial charge on any atom is 0.289 e. The van der Waals surface area contributed by atoms with Crippen LogP contribution in [0.4, 0.5) is 20.3 Å². The largest absolute Gasteiger partial charge is 0.367 e. The third-order valence-corrected chi connectivity index (χ3v) is 3.22. The molecule has 10 heteroatoms. The first-order valence-electron chi connectivity index (χ1n) is 6.66. The fraction of sp³-hybridized carbons (Fsp3) is 0.143. The Labute approximate surface area is 139 Å². The number of halogens is 3. The van der Waals surface area contributed by atoms with E-state index < -0.39 is 28.0 Å². The zero-order valence-corrected chi connectivity index (χ0v) is 12.8. The van der Waals surface area contributed by atoms with Crippen molar-refractivity contribution < 1.29 is 18.5 Å². The molecule has 2 rings (SSSR count). The molecule has 0 bridgehead atoms. The zero-order chi connectivity index (χ0) is 17.7. The van der Waals surface area contributed by atoms with E-state index >= 15 is 0 Å². The monoisotopic (exact) mass is 356 g/mol. The number of nitro groups is 1. The normalized spacial score (nSPS) is 10.3. The van der Waals surface area contributed by atoms with Crippen LogP contribution in [0, 0.1) is 21.7 Å². The lowest BCUT2D eigenvalue weighted by Crippen LogP contribution is -2.30. The quantitative estimate of drug-likeness (QED) is 0.471. The number of rotatable bonds is 6. The molecule has 0 saturated carbocycles. The van der Waals surface area contributed by atoms with Crippen LogP contribution in [0.3, 0.4) is 0 Å². The zero-order valence-electron chi connectivity index (χ0n) is 12.1. The van der Waals surface area contributed by atoms with E-state index in [9.17, 15) is 23.7 Å². The number of aromatic nitrogens is 1. The molecule has 1 aromatic carbocycles. The molecule has 7 nitrogen and oxygen atoms in total. The molecule has 0 aliphatic heterocycles. The highest BCUT2D eigenvalue weighted by molar-refractivity contribution is 6.33. The molecule has 0 unspecified atom stereocenters. The first-order valence-corrected chi connectivity index (χ1v) is 7.04. The third-order valence-electron chi connectivity index (χ3n) is 2.93. The summed E-state index contributed by atoms with van der Waals surface area (Å²) in [7, 11) is 0. The van der Waals surface area contributed by atoms with E-state index in [1.165, 1.54) is 0 Å². The molecule has 2 N–H and O–H groups in total. The number of nitrogens with zero attached hydrogens (tertiary/aromatic N) is 2. The summed E-state index contributed by atoms with van der Waals surface area (Å²) in [5, 5.41) is 15.7. The van der Waals surface area contributed by atoms with Crippen LogP contribution in [0.25, 0.3) is 0 Å². The van der Waals surface area contributed by atoms with Gasteiger partial charge >= 0.3 is 0 Å². The maximum atomic E-state index is 13.4. The minimum absolute atomic E-state index is 0.0294. The number of amides is 1. The van der Waals surface area contributed by atoms with Crippen molar-refractivity contribution in [3.63, 3.8) is 0 Å². The number of anilines is 1. The predicted molar refractivity (Wildman–Crippen MR) is 83.1 cm³/mol. The van der Waals surface area contributed by atoms with Crippen LogP contribution in [0.2, 0.25) is 5.02 Å². The summed E-state index contributed by atoms with van der Waals surface area (Å²) >= 11 is 5.84. The molecule has 126 valence electrons. The van der Waals surface area contributed by atoms with Crippen molar-refractivity contribution in [1.29, 1.82) is 0 Å². The predicted octanol–water partition coefficient (Wildman–Crippen LogP) is 2.76. The van der Waals surface area contributed by atoms with Gasteiger partial charge in [0, 0.05) is 19.2 Å². The highest BCUT2D eigenvalue weighted by Gasteiger charge is 2.16. The van der Waals surface area contributed by atoms with E-state index in [-0.39, 0.29) is 29.6 Å². The summed E-state index contributed by atoms with van der Waals surface area (Å²) in [6.45, 7) is 0.175. The summed E-state index contributed by atoms with van der Waals surface area (Å²) in [5.74, 6) is -2.62. The highest BCUT2D eigenvalue weighted by Crippen LogP contribution is 2.23. The van der Waals surface area contributed by atoms with Crippen molar-refractivity contribution in [3.05, 3.63) is 62.8 Å². The van der Waals surface area contributed by atoms with Crippen molar-refractivity contribution in [2.24, 2.45) is 0 Å². The lowest BCUT2D eigenvalue weighted by Gasteiger charge is -2.09. The fourth-order valence-corrected chi connectivity index (χ4v) is 2.05. The molecule has 0 atom stereocenters. The molecule has 2 aromatic rings. The molecular formula is C14H11ClF2N4O3. The van der Waals surface area contributed by atoms with E-state index in [4.69, 9.17) is 11.6 Å². The van der Waals surface area contributed by atoms with Gasteiger partial charge in [0.15, 0.2) is 0 Å². The molecule has 0 aliphatic rings. The Balaban J connectivity index is 1.89. The number of pyridine rings is 1. The summed E-state index contributed by atoms with van der Waals surface area (Å²) in [5.41, 5.74) is -0.919. The molecule has 1 amide bonds. The highest BCUT2D eigenvalue weighted by atomic mass is 35.5. The smallest absolute Gasteiger partial charge is 0.289 e. The minimum atomic E-state index is -0.958. The molecule has 0 fully saturated rings. The Morgan fingerprint density at radius 3 is 2.54 bits per heavy atom. The van der Waals surface area contributed by atoms with Crippen LogP contribution in [0.1, 0.15) is 10.4 Å². The van der Waals surface area contributed by atoms with Gasteiger partial charge in [-0.15, -0.1) is 0 Å². The average Bonchev–Trinajstić information content (AvgIpc) is 2.52. The molecule has 0 saturated heterocycles. The number of benzene rings is 1. The van der Waals surface area contributed by atoms with Gasteiger partial charge in [0.05, 0.1) is 9.95 Å². The van der Waals surface area contributed by atoms with Crippen LogP contribution in [-0.2, 0) is 0 Å². The topological polar surface area (TPSA) is 97.2 Å². The van der Waals surface area contributed by atoms with E-state index in [1.807, 2.05) is 0 Å². The van der Waals surface area contributed by atoms with Gasteiger partial charge in [-0.25, -0.2) is 13.8 Å². The molecule has 0 spiro atoms. The second kappa shape index (κ2) is 7.64. The van der Waals surface area contributed by atoms with Crippen LogP contribution < -0.4 is 10.6 Å². The molecule has 1 aromatic heterocycles. The van der Waals surface area contributed by atoms with Crippen LogP contribution in [0.5, 0.6) is 0 Å². The maximum absolute atomic E-state index is 13.4. The van der Waals surface area contributed by atoms with E-state index in [1.54, 1.807) is 0 Å². The Kier molecular flexibility index (Phi) is 5.59. The Hall–Kier alpha value is -2.81. The standard InChI is InChI=1S/C14H11ClF2N4O3/c15-9-6-8(21(23)24)7-20-13(9)18-4-5-19-14(22)12-10(16)2-1-3-11(12)17/h1-3,6-7H,4-5H2,(H,18,20)(H,19,22). The van der Waals surface area contributed by atoms with E-state index in [2.05, 4.69) is 15.6 Å². The first kappa shape index (κ1) is 17.5. The number of carbonyl (C=O) groups excluding carboxylic acids is 1. The summed E-state index contributed by atoms with van der Waals surface area (Å²) in [4.78, 5) is 25.5. The molecule has 0 aliphatic carbocycles. The van der Waals surface area contributed by atoms with E-state index in [0.717, 1.165) is 30.5 Å². The summed E-state index contributed by atoms with van der Waals surface area (Å²) in [6, 6.07) is 4.25. The lowest BCUT2D eigenvalue weighted by molar-refractivity contribution is -0.385. The van der Waals surface area contributed by atoms with Crippen LogP contribution >= 0.6 is 11.6 Å². The van der Waals surface area contributed by atoms with Crippen molar-refractivity contribution in [3.8, 4) is 0 Å². The van der Waals surface area contributed by atoms with Crippen molar-refractivity contribution in [2.75, 3.05) is 18.4 Å². The van der Waals surface area contributed by atoms with Gasteiger partial charge < -0.3 is 10.6 Å². The summed E-state index contributed by atoms with van der Waals surface area (Å²) in [6.07, 6.45) is 1.03. The van der Waals surface area contributed by atoms with Gasteiger partial charge in [-0.1, -0.05) is 17.7 Å². The lowest BCUT2D eigenvalue weighted by atomic mass is 10.2. The van der Waals surface area contributed by atoms with Crippen molar-refractivity contribution >= 4 is 29.0 Å². The number of hydrogen-bond donors (Lipinski definition) is 2. The van der Waals surface area contributed by atoms with Crippen LogP contribution in [0.15, 0.2) is 30.5 Å². The third kappa shape index (κ3) is 4.13. The molecule has 1 heterocycles. The SMILES string of the molecule is O=C(NCCNc1ncc([N+](=O)[O-])cc1Cl)c1c(F)cccc1F. The van der Waals surface area contributed by atoms with Gasteiger partial charge in [0.1, 0.15) is 29.2 Å². The van der Waals surface area contributed by atoms with Gasteiger partial charge in [0.25, 0.3) is 11.6 Å². The Bertz CT molecular complexity index is 768. The van der Waals surface area contributed by atoms with E-state index in [0.29, 0.717) is 0 Å². The molecule has 0 radical (unpaired) electrons. The van der Waals surface area contributed by atoms with Gasteiger partial charge in [-0.05, 0) is 12.1 Å². The average molecular weight is 357 g/mol. The van der Waals surface area contributed by atoms with Gasteiger partial charge in [0.2, 0.25) is 0 Å². The molecular weight excluding hydrogens is 346 g/mol. The Morgan fingerprint density at radius 1 is 1.29 bits per heavy atom. The fourth-order valence-electron chi connectivity index (χ4n) is 1.82. The first-order chi connectivity index (χ1) is 11.4. The summed E-state index contributed by atoms with van der Waals surface area (Å²) < 4.78 is 26.9. The number of hydrogen-bond acceptors (Lipinski definition) is 5. The number of nitrogens with one attached hydrogen (secondary N) is 2. The second-order valence-electron chi connectivity index (χ2n) is 4.56. The van der Waals surface area contributed by atoms with Gasteiger partial charge in [-0.2, -0.15) is 0 Å². The number of carbonyl (C=O) groups is 1.